The minimum atomic E-state index is 0.593. The van der Waals surface area contributed by atoms with Crippen LogP contribution in [0, 0.1) is 0 Å². The van der Waals surface area contributed by atoms with E-state index in [9.17, 15) is 0 Å². The van der Waals surface area contributed by atoms with Crippen molar-refractivity contribution in [3.05, 3.63) is 130 Å². The monoisotopic (exact) mass is 728 g/mol. The number of fused-ring (bicyclic) bond motifs is 1. The van der Waals surface area contributed by atoms with E-state index in [1.807, 2.05) is 34.0 Å². The topological polar surface area (TPSA) is 18.5 Å². The van der Waals surface area contributed by atoms with E-state index in [1.54, 1.807) is 0 Å². The minimum absolute atomic E-state index is 0.593. The average Bonchev–Trinajstić information content (AvgIpc) is 3.92. The van der Waals surface area contributed by atoms with Gasteiger partial charge in [0.2, 0.25) is 0 Å². The van der Waals surface area contributed by atoms with Gasteiger partial charge < -0.3 is 9.47 Å². The first kappa shape index (κ1) is 35.5. The van der Waals surface area contributed by atoms with Gasteiger partial charge in [-0.25, -0.2) is 0 Å². The van der Waals surface area contributed by atoms with E-state index in [4.69, 9.17) is 9.47 Å². The highest BCUT2D eigenvalue weighted by Gasteiger charge is 2.29. The van der Waals surface area contributed by atoms with E-state index < -0.39 is 0 Å². The van der Waals surface area contributed by atoms with Crippen LogP contribution in [0.3, 0.4) is 0 Å². The first-order valence-corrected chi connectivity index (χ1v) is 21.3. The molecular formula is C46H48O2S3. The van der Waals surface area contributed by atoms with Gasteiger partial charge in [0.05, 0.1) is 14.6 Å². The molecule has 51 heavy (non-hydrogen) atoms. The molecule has 0 saturated heterocycles. The van der Waals surface area contributed by atoms with Gasteiger partial charge in [-0.1, -0.05) is 137 Å². The lowest BCUT2D eigenvalue weighted by Crippen LogP contribution is -2.14. The smallest absolute Gasteiger partial charge is 0.181 e. The maximum Gasteiger partial charge on any atom is 0.181 e. The summed E-state index contributed by atoms with van der Waals surface area (Å²) >= 11 is 5.62. The molecular weight excluding hydrogens is 681 g/mol. The largest absolute Gasteiger partial charge is 0.485 e. The normalized spacial score (nSPS) is 12.3. The number of benzene rings is 3. The molecule has 4 heterocycles. The molecule has 1 aliphatic rings. The Hall–Kier alpha value is -3.90. The second-order valence-corrected chi connectivity index (χ2v) is 16.4. The summed E-state index contributed by atoms with van der Waals surface area (Å²) in [4.78, 5) is 6.47. The van der Waals surface area contributed by atoms with Crippen molar-refractivity contribution in [3.8, 4) is 41.4 Å². The number of hydrogen-bond donors (Lipinski definition) is 0. The molecule has 0 radical (unpaired) electrons. The maximum absolute atomic E-state index is 6.42. The molecule has 7 rings (SSSR count). The van der Waals surface area contributed by atoms with Crippen molar-refractivity contribution < 1.29 is 9.47 Å². The summed E-state index contributed by atoms with van der Waals surface area (Å²) in [6.07, 6.45) is 14.6. The van der Waals surface area contributed by atoms with Crippen LogP contribution in [0.25, 0.3) is 41.6 Å². The molecule has 3 aromatic heterocycles. The lowest BCUT2D eigenvalue weighted by atomic mass is 9.95. The number of unbranched alkanes of at least 4 members (excludes halogenated alkanes) is 6. The Kier molecular flexibility index (Phi) is 12.2. The fraction of sp³-hybridized carbons (Fsp3) is 0.304. The third-order valence-corrected chi connectivity index (χ3v) is 13.3. The highest BCUT2D eigenvalue weighted by atomic mass is 32.1. The minimum Gasteiger partial charge on any atom is -0.485 e. The standard InChI is InChI=1S/C46H48O2S3/c1-3-5-7-11-21-36-27-30-49-44(36)46-42-41(47-28-29-48-42)45(51-46)40-32-38(22-12-8-6-4-2)43(50-40)37-25-23-33(24-26-37)31-39(34-17-13-9-14-18-34)35-19-15-10-16-20-35/h9-10,13-20,23-27,30-32H,3-8,11-12,21-22,28-29H2,1-2H3. The van der Waals surface area contributed by atoms with Gasteiger partial charge in [0.25, 0.3) is 0 Å². The molecule has 6 aromatic rings. The van der Waals surface area contributed by atoms with Crippen molar-refractivity contribution in [3.63, 3.8) is 0 Å². The van der Waals surface area contributed by atoms with Gasteiger partial charge in [0.15, 0.2) is 11.5 Å². The van der Waals surface area contributed by atoms with Crippen molar-refractivity contribution in [2.45, 2.75) is 78.1 Å². The van der Waals surface area contributed by atoms with E-state index in [1.165, 1.54) is 115 Å². The summed E-state index contributed by atoms with van der Waals surface area (Å²) in [6, 6.07) is 35.4. The van der Waals surface area contributed by atoms with Crippen LogP contribution in [0.1, 0.15) is 93.0 Å². The molecule has 0 N–H and O–H groups in total. The van der Waals surface area contributed by atoms with Crippen LogP contribution in [0.4, 0.5) is 0 Å². The Morgan fingerprint density at radius 3 is 1.82 bits per heavy atom. The van der Waals surface area contributed by atoms with Crippen LogP contribution in [-0.4, -0.2) is 13.2 Å². The number of aryl methyl sites for hydroxylation is 2. The van der Waals surface area contributed by atoms with Gasteiger partial charge in [-0.3, -0.25) is 0 Å². The molecule has 0 bridgehead atoms. The van der Waals surface area contributed by atoms with Gasteiger partial charge in [-0.2, -0.15) is 0 Å². The van der Waals surface area contributed by atoms with Gasteiger partial charge in [0, 0.05) is 9.75 Å². The highest BCUT2D eigenvalue weighted by molar-refractivity contribution is 7.27. The predicted octanol–water partition coefficient (Wildman–Crippen LogP) is 14.5. The van der Waals surface area contributed by atoms with Crippen LogP contribution >= 0.6 is 34.0 Å². The zero-order valence-corrected chi connectivity index (χ0v) is 32.4. The third-order valence-electron chi connectivity index (χ3n) is 9.64. The van der Waals surface area contributed by atoms with Gasteiger partial charge >= 0.3 is 0 Å². The van der Waals surface area contributed by atoms with Crippen LogP contribution in [-0.2, 0) is 12.8 Å². The number of hydrogen-bond acceptors (Lipinski definition) is 5. The Balaban J connectivity index is 1.23. The molecule has 0 saturated carbocycles. The molecule has 0 fully saturated rings. The second kappa shape index (κ2) is 17.5. The molecule has 5 heteroatoms. The molecule has 2 nitrogen and oxygen atoms in total. The zero-order valence-electron chi connectivity index (χ0n) is 29.9. The molecule has 1 aliphatic heterocycles. The zero-order chi connectivity index (χ0) is 34.8. The first-order chi connectivity index (χ1) is 25.2. The fourth-order valence-electron chi connectivity index (χ4n) is 6.92. The molecule has 3 aromatic carbocycles. The molecule has 0 amide bonds. The first-order valence-electron chi connectivity index (χ1n) is 18.8. The van der Waals surface area contributed by atoms with E-state index in [2.05, 4.69) is 122 Å². The van der Waals surface area contributed by atoms with E-state index >= 15 is 0 Å². The Bertz CT molecular complexity index is 1970. The van der Waals surface area contributed by atoms with Crippen LogP contribution < -0.4 is 9.47 Å². The van der Waals surface area contributed by atoms with E-state index in [0.29, 0.717) is 13.2 Å². The maximum atomic E-state index is 6.42. The average molecular weight is 729 g/mol. The SMILES string of the molecule is CCCCCCc1cc(-c2sc(-c3sccc3CCCCCC)c3c2OCCO3)sc1-c1ccc(C=C(c2ccccc2)c2ccccc2)cc1. The quantitative estimate of drug-likeness (QED) is 0.0730. The van der Waals surface area contributed by atoms with Crippen LogP contribution in [0.5, 0.6) is 11.5 Å². The van der Waals surface area contributed by atoms with E-state index in [-0.39, 0.29) is 0 Å². The summed E-state index contributed by atoms with van der Waals surface area (Å²) < 4.78 is 12.8. The molecule has 0 spiro atoms. The van der Waals surface area contributed by atoms with Crippen molar-refractivity contribution in [2.24, 2.45) is 0 Å². The Morgan fingerprint density at radius 1 is 0.588 bits per heavy atom. The molecule has 0 unspecified atom stereocenters. The molecule has 0 aliphatic carbocycles. The second-order valence-electron chi connectivity index (χ2n) is 13.4. The number of ether oxygens (including phenoxy) is 2. The van der Waals surface area contributed by atoms with Gasteiger partial charge in [0.1, 0.15) is 13.2 Å². The number of thiophene rings is 3. The van der Waals surface area contributed by atoms with Crippen molar-refractivity contribution in [1.29, 1.82) is 0 Å². The summed E-state index contributed by atoms with van der Waals surface area (Å²) in [5.41, 5.74) is 9.05. The molecule has 0 atom stereocenters. The third kappa shape index (κ3) is 8.43. The lowest BCUT2D eigenvalue weighted by molar-refractivity contribution is 0.175. The summed E-state index contributed by atoms with van der Waals surface area (Å²) in [7, 11) is 0. The van der Waals surface area contributed by atoms with Crippen LogP contribution in [0.2, 0.25) is 0 Å². The summed E-state index contributed by atoms with van der Waals surface area (Å²) in [6.45, 7) is 5.76. The summed E-state index contributed by atoms with van der Waals surface area (Å²) in [5, 5.41) is 2.25. The van der Waals surface area contributed by atoms with Crippen LogP contribution in [0.15, 0.2) is 102 Å². The van der Waals surface area contributed by atoms with Gasteiger partial charge in [-0.05, 0) is 88.2 Å². The Morgan fingerprint density at radius 2 is 1.20 bits per heavy atom. The number of rotatable bonds is 16. The summed E-state index contributed by atoms with van der Waals surface area (Å²) in [5.74, 6) is 1.88. The van der Waals surface area contributed by atoms with Crippen molar-refractivity contribution in [2.75, 3.05) is 13.2 Å². The fourth-order valence-corrected chi connectivity index (χ4v) is 10.6. The van der Waals surface area contributed by atoms with Crippen molar-refractivity contribution >= 4 is 45.7 Å². The predicted molar refractivity (Wildman–Crippen MR) is 223 cm³/mol. The van der Waals surface area contributed by atoms with Crippen molar-refractivity contribution in [1.82, 2.24) is 0 Å². The highest BCUT2D eigenvalue weighted by Crippen LogP contribution is 2.57. The van der Waals surface area contributed by atoms with Gasteiger partial charge in [-0.15, -0.1) is 34.0 Å². The van der Waals surface area contributed by atoms with E-state index in [0.717, 1.165) is 24.3 Å². The lowest BCUT2D eigenvalue weighted by Gasteiger charge is -2.17. The Labute approximate surface area is 316 Å². The molecule has 262 valence electrons.